The van der Waals surface area contributed by atoms with Gasteiger partial charge in [0.1, 0.15) is 0 Å². The summed E-state index contributed by atoms with van der Waals surface area (Å²) in [6.07, 6.45) is 1.26. The third-order valence-electron chi connectivity index (χ3n) is 4.14. The van der Waals surface area contributed by atoms with Gasteiger partial charge in [0, 0.05) is 30.9 Å². The number of amides is 1. The first kappa shape index (κ1) is 15.3. The van der Waals surface area contributed by atoms with E-state index in [9.17, 15) is 9.90 Å². The largest absolute Gasteiger partial charge is 0.387 e. The van der Waals surface area contributed by atoms with Gasteiger partial charge in [0.05, 0.1) is 6.10 Å². The molecule has 2 N–H and O–H groups in total. The topological polar surface area (TPSA) is 54.3 Å². The fourth-order valence-corrected chi connectivity index (χ4v) is 2.74. The number of rotatable bonds is 4. The molecule has 0 saturated heterocycles. The van der Waals surface area contributed by atoms with E-state index >= 15 is 0 Å². The number of aliphatic hydroxyl groups excluding tert-OH is 1. The van der Waals surface area contributed by atoms with Crippen LogP contribution in [-0.2, 0) is 7.05 Å². The summed E-state index contributed by atoms with van der Waals surface area (Å²) >= 11 is 0. The highest BCUT2D eigenvalue weighted by Crippen LogP contribution is 2.21. The van der Waals surface area contributed by atoms with E-state index in [0.717, 1.165) is 22.0 Å². The molecule has 0 aliphatic heterocycles. The highest BCUT2D eigenvalue weighted by atomic mass is 16.3. The standard InChI is InChI=1S/C19H20N2O2/c1-13-5-3-4-6-16(13)19(23)20-12-18(22)15-7-8-17-14(11-15)9-10-21(17)2/h3-11,18,22H,12H2,1-2H3,(H,20,23). The number of benzene rings is 2. The van der Waals surface area contributed by atoms with Crippen LogP contribution in [0.2, 0.25) is 0 Å². The van der Waals surface area contributed by atoms with Crippen molar-refractivity contribution >= 4 is 16.8 Å². The highest BCUT2D eigenvalue weighted by Gasteiger charge is 2.13. The average molecular weight is 308 g/mol. The van der Waals surface area contributed by atoms with Crippen LogP contribution in [0.15, 0.2) is 54.7 Å². The van der Waals surface area contributed by atoms with Crippen LogP contribution in [0.1, 0.15) is 27.6 Å². The zero-order valence-corrected chi connectivity index (χ0v) is 13.3. The second kappa shape index (κ2) is 6.26. The van der Waals surface area contributed by atoms with Crippen molar-refractivity contribution in [2.24, 2.45) is 7.05 Å². The number of aromatic nitrogens is 1. The van der Waals surface area contributed by atoms with Crippen LogP contribution in [0.3, 0.4) is 0 Å². The van der Waals surface area contributed by atoms with E-state index in [1.807, 2.05) is 67.2 Å². The quantitative estimate of drug-likeness (QED) is 0.778. The van der Waals surface area contributed by atoms with E-state index in [2.05, 4.69) is 5.32 Å². The monoisotopic (exact) mass is 308 g/mol. The van der Waals surface area contributed by atoms with Crippen LogP contribution in [0.5, 0.6) is 0 Å². The van der Waals surface area contributed by atoms with E-state index in [-0.39, 0.29) is 12.5 Å². The third-order valence-corrected chi connectivity index (χ3v) is 4.14. The lowest BCUT2D eigenvalue weighted by atomic mass is 10.1. The Hall–Kier alpha value is -2.59. The van der Waals surface area contributed by atoms with E-state index in [4.69, 9.17) is 0 Å². The Morgan fingerprint density at radius 2 is 2.00 bits per heavy atom. The van der Waals surface area contributed by atoms with Gasteiger partial charge in [0.15, 0.2) is 0 Å². The Kier molecular flexibility index (Phi) is 4.17. The predicted octanol–water partition coefficient (Wildman–Crippen LogP) is 2.95. The van der Waals surface area contributed by atoms with Crippen molar-refractivity contribution in [3.05, 3.63) is 71.4 Å². The average Bonchev–Trinajstić information content (AvgIpc) is 2.93. The van der Waals surface area contributed by atoms with Crippen molar-refractivity contribution in [3.63, 3.8) is 0 Å². The molecular weight excluding hydrogens is 288 g/mol. The second-order valence-electron chi connectivity index (χ2n) is 5.79. The van der Waals surface area contributed by atoms with Crippen molar-refractivity contribution in [2.45, 2.75) is 13.0 Å². The molecular formula is C19H20N2O2. The fourth-order valence-electron chi connectivity index (χ4n) is 2.74. The van der Waals surface area contributed by atoms with Crippen LogP contribution in [0.25, 0.3) is 10.9 Å². The Balaban J connectivity index is 1.69. The Labute approximate surface area is 135 Å². The lowest BCUT2D eigenvalue weighted by Crippen LogP contribution is -2.28. The van der Waals surface area contributed by atoms with Crippen molar-refractivity contribution < 1.29 is 9.90 Å². The maximum absolute atomic E-state index is 12.2. The molecule has 1 amide bonds. The summed E-state index contributed by atoms with van der Waals surface area (Å²) in [6.45, 7) is 2.08. The van der Waals surface area contributed by atoms with Crippen molar-refractivity contribution in [3.8, 4) is 0 Å². The van der Waals surface area contributed by atoms with Crippen LogP contribution in [0.4, 0.5) is 0 Å². The normalized spacial score (nSPS) is 12.3. The SMILES string of the molecule is Cc1ccccc1C(=O)NCC(O)c1ccc2c(ccn2C)c1. The fraction of sp³-hybridized carbons (Fsp3) is 0.211. The van der Waals surface area contributed by atoms with Crippen LogP contribution < -0.4 is 5.32 Å². The van der Waals surface area contributed by atoms with Crippen molar-refractivity contribution in [1.29, 1.82) is 0 Å². The van der Waals surface area contributed by atoms with Gasteiger partial charge in [0.25, 0.3) is 5.91 Å². The molecule has 4 nitrogen and oxygen atoms in total. The number of carbonyl (C=O) groups is 1. The Morgan fingerprint density at radius 1 is 1.22 bits per heavy atom. The number of aryl methyl sites for hydroxylation is 2. The first-order valence-corrected chi connectivity index (χ1v) is 7.63. The molecule has 0 radical (unpaired) electrons. The number of hydrogen-bond acceptors (Lipinski definition) is 2. The number of hydrogen-bond donors (Lipinski definition) is 2. The van der Waals surface area contributed by atoms with Gasteiger partial charge in [-0.25, -0.2) is 0 Å². The molecule has 0 saturated carbocycles. The molecule has 4 heteroatoms. The predicted molar refractivity (Wildman–Crippen MR) is 91.4 cm³/mol. The van der Waals surface area contributed by atoms with Gasteiger partial charge in [-0.1, -0.05) is 24.3 Å². The summed E-state index contributed by atoms with van der Waals surface area (Å²) < 4.78 is 2.03. The van der Waals surface area contributed by atoms with Gasteiger partial charge in [-0.05, 0) is 47.7 Å². The number of carbonyl (C=O) groups excluding carboxylic acids is 1. The molecule has 23 heavy (non-hydrogen) atoms. The Morgan fingerprint density at radius 3 is 2.78 bits per heavy atom. The minimum atomic E-state index is -0.729. The molecule has 1 unspecified atom stereocenters. The molecule has 3 aromatic rings. The molecule has 0 aliphatic rings. The first-order valence-electron chi connectivity index (χ1n) is 7.63. The van der Waals surface area contributed by atoms with Gasteiger partial charge < -0.3 is 15.0 Å². The second-order valence-corrected chi connectivity index (χ2v) is 5.79. The summed E-state index contributed by atoms with van der Waals surface area (Å²) in [6, 6.07) is 15.3. The molecule has 2 aromatic carbocycles. The van der Waals surface area contributed by atoms with E-state index < -0.39 is 6.10 Å². The molecule has 0 bridgehead atoms. The lowest BCUT2D eigenvalue weighted by Gasteiger charge is -2.13. The Bertz CT molecular complexity index is 851. The molecule has 118 valence electrons. The van der Waals surface area contributed by atoms with Crippen LogP contribution in [0, 0.1) is 6.92 Å². The zero-order valence-electron chi connectivity index (χ0n) is 13.3. The molecule has 0 spiro atoms. The minimum Gasteiger partial charge on any atom is -0.387 e. The van der Waals surface area contributed by atoms with Gasteiger partial charge >= 0.3 is 0 Å². The van der Waals surface area contributed by atoms with Gasteiger partial charge in [-0.2, -0.15) is 0 Å². The number of nitrogens with one attached hydrogen (secondary N) is 1. The van der Waals surface area contributed by atoms with Gasteiger partial charge in [0.2, 0.25) is 0 Å². The maximum Gasteiger partial charge on any atom is 0.251 e. The summed E-state index contributed by atoms with van der Waals surface area (Å²) in [7, 11) is 1.99. The molecule has 0 fully saturated rings. The number of fused-ring (bicyclic) bond motifs is 1. The number of aliphatic hydroxyl groups is 1. The molecule has 3 rings (SSSR count). The van der Waals surface area contributed by atoms with Crippen molar-refractivity contribution in [2.75, 3.05) is 6.54 Å². The summed E-state index contributed by atoms with van der Waals surface area (Å²) in [5.74, 6) is -0.164. The summed E-state index contributed by atoms with van der Waals surface area (Å²) in [4.78, 5) is 12.2. The van der Waals surface area contributed by atoms with E-state index in [1.54, 1.807) is 6.07 Å². The molecule has 0 aliphatic carbocycles. The third kappa shape index (κ3) is 3.12. The zero-order chi connectivity index (χ0) is 16.4. The smallest absolute Gasteiger partial charge is 0.251 e. The summed E-state index contributed by atoms with van der Waals surface area (Å²) in [5.41, 5.74) is 3.47. The molecule has 1 heterocycles. The molecule has 1 atom stereocenters. The maximum atomic E-state index is 12.2. The van der Waals surface area contributed by atoms with Gasteiger partial charge in [-0.3, -0.25) is 4.79 Å². The van der Waals surface area contributed by atoms with E-state index in [0.29, 0.717) is 5.56 Å². The minimum absolute atomic E-state index is 0.164. The van der Waals surface area contributed by atoms with Gasteiger partial charge in [-0.15, -0.1) is 0 Å². The van der Waals surface area contributed by atoms with Crippen LogP contribution in [-0.4, -0.2) is 22.1 Å². The molecule has 1 aromatic heterocycles. The van der Waals surface area contributed by atoms with E-state index in [1.165, 1.54) is 0 Å². The summed E-state index contributed by atoms with van der Waals surface area (Å²) in [5, 5.41) is 14.2. The number of nitrogens with zero attached hydrogens (tertiary/aromatic N) is 1. The first-order chi connectivity index (χ1) is 11.1. The lowest BCUT2D eigenvalue weighted by molar-refractivity contribution is 0.0916. The van der Waals surface area contributed by atoms with Crippen LogP contribution >= 0.6 is 0 Å². The van der Waals surface area contributed by atoms with Crippen molar-refractivity contribution in [1.82, 2.24) is 9.88 Å². The highest BCUT2D eigenvalue weighted by molar-refractivity contribution is 5.95.